The molecule has 6 heteroatoms. The Hall–Kier alpha value is -2.21. The second kappa shape index (κ2) is 6.05. The molecule has 2 rings (SSSR count). The number of benzene rings is 2. The van der Waals surface area contributed by atoms with Gasteiger partial charge in [-0.1, -0.05) is 30.3 Å². The molecule has 1 unspecified atom stereocenters. The van der Waals surface area contributed by atoms with Gasteiger partial charge in [-0.15, -0.1) is 0 Å². The zero-order chi connectivity index (χ0) is 15.5. The Balaban J connectivity index is 2.39. The van der Waals surface area contributed by atoms with Crippen LogP contribution in [-0.4, -0.2) is 18.5 Å². The lowest BCUT2D eigenvalue weighted by molar-refractivity contribution is -0.163. The van der Waals surface area contributed by atoms with Crippen molar-refractivity contribution in [2.24, 2.45) is 0 Å². The summed E-state index contributed by atoms with van der Waals surface area (Å²) >= 11 is 0. The molecule has 0 fully saturated rings. The Bertz CT molecular complexity index is 570. The highest BCUT2D eigenvalue weighted by atomic mass is 19.4. The molecule has 2 aromatic rings. The van der Waals surface area contributed by atoms with E-state index >= 15 is 0 Å². The maximum Gasteiger partial charge on any atom is 0.415 e. The van der Waals surface area contributed by atoms with Crippen molar-refractivity contribution in [1.82, 2.24) is 0 Å². The minimum absolute atomic E-state index is 0.0654. The van der Waals surface area contributed by atoms with Gasteiger partial charge in [0.15, 0.2) is 6.04 Å². The number of hydrogen-bond donors (Lipinski definition) is 1. The Morgan fingerprint density at radius 3 is 2.05 bits per heavy atom. The van der Waals surface area contributed by atoms with Crippen LogP contribution in [0, 0.1) is 0 Å². The van der Waals surface area contributed by atoms with E-state index in [0.717, 1.165) is 0 Å². The van der Waals surface area contributed by atoms with E-state index in [1.807, 2.05) is 0 Å². The molecule has 2 aromatic carbocycles. The van der Waals surface area contributed by atoms with Crippen LogP contribution < -0.4 is 9.80 Å². The van der Waals surface area contributed by atoms with Crippen LogP contribution in [0.15, 0.2) is 54.6 Å². The monoisotopic (exact) mass is 297 g/mol. The molecule has 1 N–H and O–H groups in total. The van der Waals surface area contributed by atoms with Crippen LogP contribution in [0.4, 0.5) is 18.9 Å². The zero-order valence-electron chi connectivity index (χ0n) is 11.2. The lowest BCUT2D eigenvalue weighted by Crippen LogP contribution is -2.36. The van der Waals surface area contributed by atoms with Gasteiger partial charge in [-0.05, 0) is 29.8 Å². The molecule has 1 atom stereocenters. The van der Waals surface area contributed by atoms with E-state index in [-0.39, 0.29) is 16.3 Å². The molecule has 0 bridgehead atoms. The maximum absolute atomic E-state index is 13.3. The lowest BCUT2D eigenvalue weighted by atomic mass is 10.1. The first-order valence-electron chi connectivity index (χ1n) is 6.17. The Morgan fingerprint density at radius 2 is 1.57 bits per heavy atom. The molecule has 0 amide bonds. The van der Waals surface area contributed by atoms with Gasteiger partial charge in [0.05, 0.1) is 12.8 Å². The summed E-state index contributed by atoms with van der Waals surface area (Å²) in [5, 5.41) is 10.2. The van der Waals surface area contributed by atoms with E-state index < -0.39 is 12.2 Å². The number of hydrogen-bond acceptors (Lipinski definition) is 3. The quantitative estimate of drug-likeness (QED) is 0.859. The number of alkyl halides is 3. The molecule has 0 aromatic heterocycles. The zero-order valence-corrected chi connectivity index (χ0v) is 11.2. The van der Waals surface area contributed by atoms with Gasteiger partial charge >= 0.3 is 6.18 Å². The largest absolute Gasteiger partial charge is 0.497 e. The van der Waals surface area contributed by atoms with Crippen LogP contribution in [0.3, 0.4) is 0 Å². The second-order valence-corrected chi connectivity index (χ2v) is 4.40. The first kappa shape index (κ1) is 15.2. The highest BCUT2D eigenvalue weighted by Crippen LogP contribution is 2.39. The molecule has 112 valence electrons. The number of para-hydroxylation sites is 1. The number of ether oxygens (including phenoxy) is 1. The molecule has 0 spiro atoms. The van der Waals surface area contributed by atoms with Crippen molar-refractivity contribution in [2.75, 3.05) is 12.2 Å². The highest BCUT2D eigenvalue weighted by molar-refractivity contribution is 5.46. The summed E-state index contributed by atoms with van der Waals surface area (Å²) in [6, 6.07) is 10.8. The normalized spacial score (nSPS) is 12.8. The van der Waals surface area contributed by atoms with Crippen LogP contribution in [0.1, 0.15) is 11.6 Å². The number of halogens is 3. The summed E-state index contributed by atoms with van der Waals surface area (Å²) in [6.45, 7) is 0. The molecule has 0 radical (unpaired) electrons. The van der Waals surface area contributed by atoms with E-state index in [1.54, 1.807) is 18.2 Å². The second-order valence-electron chi connectivity index (χ2n) is 4.40. The van der Waals surface area contributed by atoms with Gasteiger partial charge in [-0.3, -0.25) is 5.21 Å². The Labute approximate surface area is 120 Å². The number of nitrogens with zero attached hydrogens (tertiary/aromatic N) is 1. The Kier molecular flexibility index (Phi) is 4.37. The van der Waals surface area contributed by atoms with E-state index in [9.17, 15) is 18.4 Å². The SMILES string of the molecule is COc1ccc(C(N(O)c2ccccc2)C(F)(F)F)cc1. The molecule has 0 aliphatic heterocycles. The molecule has 3 nitrogen and oxygen atoms in total. The smallest absolute Gasteiger partial charge is 0.415 e. The van der Waals surface area contributed by atoms with Crippen molar-refractivity contribution < 1.29 is 23.1 Å². The van der Waals surface area contributed by atoms with Crippen molar-refractivity contribution in [2.45, 2.75) is 12.2 Å². The molecule has 0 saturated heterocycles. The minimum atomic E-state index is -4.63. The van der Waals surface area contributed by atoms with Gasteiger partial charge in [0.2, 0.25) is 0 Å². The van der Waals surface area contributed by atoms with Crippen molar-refractivity contribution in [3.63, 3.8) is 0 Å². The number of anilines is 1. The fraction of sp³-hybridized carbons (Fsp3) is 0.200. The van der Waals surface area contributed by atoms with Crippen LogP contribution in [0.5, 0.6) is 5.75 Å². The number of hydroxylamine groups is 1. The van der Waals surface area contributed by atoms with Crippen LogP contribution >= 0.6 is 0 Å². The third-order valence-electron chi connectivity index (χ3n) is 3.01. The van der Waals surface area contributed by atoms with Gasteiger partial charge in [0.25, 0.3) is 0 Å². The number of rotatable bonds is 4. The summed E-state index contributed by atoms with van der Waals surface area (Å²) in [5.74, 6) is 0.448. The number of methoxy groups -OCH3 is 1. The fourth-order valence-corrected chi connectivity index (χ4v) is 1.98. The van der Waals surface area contributed by atoms with Gasteiger partial charge < -0.3 is 4.74 Å². The minimum Gasteiger partial charge on any atom is -0.497 e. The van der Waals surface area contributed by atoms with E-state index in [1.165, 1.54) is 43.5 Å². The van der Waals surface area contributed by atoms with Crippen molar-refractivity contribution in [3.8, 4) is 5.75 Å². The third kappa shape index (κ3) is 3.46. The van der Waals surface area contributed by atoms with Gasteiger partial charge in [0.1, 0.15) is 5.75 Å². The summed E-state index contributed by atoms with van der Waals surface area (Å²) in [6.07, 6.45) is -4.63. The summed E-state index contributed by atoms with van der Waals surface area (Å²) in [4.78, 5) is 0. The molecule has 0 heterocycles. The summed E-state index contributed by atoms with van der Waals surface area (Å²) in [5.41, 5.74) is -0.00899. The topological polar surface area (TPSA) is 32.7 Å². The summed E-state index contributed by atoms with van der Waals surface area (Å²) in [7, 11) is 1.43. The summed E-state index contributed by atoms with van der Waals surface area (Å²) < 4.78 is 44.8. The average Bonchev–Trinajstić information content (AvgIpc) is 2.47. The van der Waals surface area contributed by atoms with E-state index in [0.29, 0.717) is 5.75 Å². The first-order valence-corrected chi connectivity index (χ1v) is 6.17. The first-order chi connectivity index (χ1) is 9.93. The predicted molar refractivity (Wildman–Crippen MR) is 72.5 cm³/mol. The predicted octanol–water partition coefficient (Wildman–Crippen LogP) is 4.19. The molecular weight excluding hydrogens is 283 g/mol. The van der Waals surface area contributed by atoms with Crippen molar-refractivity contribution >= 4 is 5.69 Å². The van der Waals surface area contributed by atoms with Crippen LogP contribution in [0.2, 0.25) is 0 Å². The van der Waals surface area contributed by atoms with Crippen LogP contribution in [0.25, 0.3) is 0 Å². The fourth-order valence-electron chi connectivity index (χ4n) is 1.98. The van der Waals surface area contributed by atoms with E-state index in [2.05, 4.69) is 0 Å². The van der Waals surface area contributed by atoms with E-state index in [4.69, 9.17) is 4.74 Å². The lowest BCUT2D eigenvalue weighted by Gasteiger charge is -2.29. The average molecular weight is 297 g/mol. The standard InChI is InChI=1S/C15H14F3NO2/c1-21-13-9-7-11(8-10-13)14(15(16,17)18)19(20)12-5-3-2-4-6-12/h2-10,14,20H,1H3. The third-order valence-corrected chi connectivity index (χ3v) is 3.01. The molecule has 21 heavy (non-hydrogen) atoms. The highest BCUT2D eigenvalue weighted by Gasteiger charge is 2.45. The van der Waals surface area contributed by atoms with Crippen molar-refractivity contribution in [3.05, 3.63) is 60.2 Å². The molecule has 0 saturated carbocycles. The maximum atomic E-state index is 13.3. The molecular formula is C15H14F3NO2. The van der Waals surface area contributed by atoms with Crippen LogP contribution in [-0.2, 0) is 0 Å². The van der Waals surface area contributed by atoms with Gasteiger partial charge in [0, 0.05) is 0 Å². The molecule has 0 aliphatic rings. The molecule has 0 aliphatic carbocycles. The van der Waals surface area contributed by atoms with Gasteiger partial charge in [-0.25, -0.2) is 5.06 Å². The van der Waals surface area contributed by atoms with Crippen molar-refractivity contribution in [1.29, 1.82) is 0 Å². The van der Waals surface area contributed by atoms with Gasteiger partial charge in [-0.2, -0.15) is 13.2 Å². The Morgan fingerprint density at radius 1 is 1.00 bits per heavy atom.